The molecule has 1 aromatic rings. The van der Waals surface area contributed by atoms with Gasteiger partial charge in [-0.3, -0.25) is 10.2 Å². The van der Waals surface area contributed by atoms with Crippen molar-refractivity contribution in [2.75, 3.05) is 7.11 Å². The maximum absolute atomic E-state index is 11.6. The van der Waals surface area contributed by atoms with E-state index in [4.69, 9.17) is 0 Å². The van der Waals surface area contributed by atoms with Crippen LogP contribution < -0.4 is 10.9 Å². The molecule has 1 unspecified atom stereocenters. The molecule has 0 heterocycles. The Morgan fingerprint density at radius 2 is 1.81 bits per heavy atom. The molecule has 0 fully saturated rings. The van der Waals surface area contributed by atoms with E-state index in [1.807, 2.05) is 30.3 Å². The Morgan fingerprint density at radius 1 is 1.19 bits per heavy atom. The van der Waals surface area contributed by atoms with Crippen LogP contribution in [0.5, 0.6) is 0 Å². The molecule has 16 heavy (non-hydrogen) atoms. The molecule has 2 N–H and O–H groups in total. The number of rotatable bonds is 2. The molecular weight excluding hydrogens is 208 g/mol. The summed E-state index contributed by atoms with van der Waals surface area (Å²) in [5, 5.41) is 0. The Labute approximate surface area is 93.8 Å². The normalized spacial score (nSPS) is 11.4. The Kier molecular flexibility index (Phi) is 4.32. The fraction of sp³-hybridized carbons (Fsp3) is 0.273. The summed E-state index contributed by atoms with van der Waals surface area (Å²) in [7, 11) is 1.22. The van der Waals surface area contributed by atoms with Gasteiger partial charge in [0.25, 0.3) is 0 Å². The molecule has 1 aromatic carbocycles. The maximum atomic E-state index is 11.6. The SMILES string of the molecule is COC(=O)NNC(=O)C(C)c1ccccc1. The lowest BCUT2D eigenvalue weighted by Crippen LogP contribution is -2.43. The van der Waals surface area contributed by atoms with Gasteiger partial charge in [0, 0.05) is 0 Å². The summed E-state index contributed by atoms with van der Waals surface area (Å²) in [4.78, 5) is 22.3. The standard InChI is InChI=1S/C11H14N2O3/c1-8(9-6-4-3-5-7-9)10(14)12-13-11(15)16-2/h3-8H,1-2H3,(H,12,14)(H,13,15). The third kappa shape index (κ3) is 3.27. The van der Waals surface area contributed by atoms with Gasteiger partial charge in [0.15, 0.2) is 0 Å². The van der Waals surface area contributed by atoms with E-state index in [1.165, 1.54) is 7.11 Å². The number of hydrogen-bond donors (Lipinski definition) is 2. The van der Waals surface area contributed by atoms with E-state index in [0.29, 0.717) is 0 Å². The fourth-order valence-corrected chi connectivity index (χ4v) is 1.17. The van der Waals surface area contributed by atoms with Gasteiger partial charge in [-0.1, -0.05) is 30.3 Å². The monoisotopic (exact) mass is 222 g/mol. The Bertz CT molecular complexity index is 365. The second kappa shape index (κ2) is 5.75. The van der Waals surface area contributed by atoms with Crippen molar-refractivity contribution in [3.63, 3.8) is 0 Å². The molecule has 1 atom stereocenters. The van der Waals surface area contributed by atoms with E-state index in [-0.39, 0.29) is 11.8 Å². The van der Waals surface area contributed by atoms with Gasteiger partial charge in [0.05, 0.1) is 13.0 Å². The first-order chi connectivity index (χ1) is 7.65. The third-order valence-electron chi connectivity index (χ3n) is 2.17. The molecule has 0 spiro atoms. The first-order valence-electron chi connectivity index (χ1n) is 4.84. The van der Waals surface area contributed by atoms with Gasteiger partial charge in [0.2, 0.25) is 5.91 Å². The number of hydrazine groups is 1. The maximum Gasteiger partial charge on any atom is 0.425 e. The summed E-state index contributed by atoms with van der Waals surface area (Å²) in [6.45, 7) is 1.75. The molecule has 1 rings (SSSR count). The van der Waals surface area contributed by atoms with Crippen molar-refractivity contribution in [1.29, 1.82) is 0 Å². The second-order valence-electron chi connectivity index (χ2n) is 3.24. The van der Waals surface area contributed by atoms with Gasteiger partial charge in [-0.15, -0.1) is 0 Å². The number of ether oxygens (including phenoxy) is 1. The fourth-order valence-electron chi connectivity index (χ4n) is 1.17. The van der Waals surface area contributed by atoms with Crippen molar-refractivity contribution < 1.29 is 14.3 Å². The molecule has 0 radical (unpaired) electrons. The molecule has 0 bridgehead atoms. The van der Waals surface area contributed by atoms with Crippen LogP contribution in [0.4, 0.5) is 4.79 Å². The highest BCUT2D eigenvalue weighted by molar-refractivity contribution is 5.84. The largest absolute Gasteiger partial charge is 0.452 e. The Hall–Kier alpha value is -2.04. The van der Waals surface area contributed by atoms with E-state index < -0.39 is 6.09 Å². The summed E-state index contributed by atoms with van der Waals surface area (Å²) < 4.78 is 4.32. The van der Waals surface area contributed by atoms with Gasteiger partial charge in [-0.2, -0.15) is 0 Å². The van der Waals surface area contributed by atoms with Gasteiger partial charge >= 0.3 is 6.09 Å². The molecule has 0 aliphatic heterocycles. The predicted octanol–water partition coefficient (Wildman–Crippen LogP) is 1.18. The average molecular weight is 222 g/mol. The van der Waals surface area contributed by atoms with Crippen LogP contribution in [0, 0.1) is 0 Å². The van der Waals surface area contributed by atoms with Crippen molar-refractivity contribution >= 4 is 12.0 Å². The van der Waals surface area contributed by atoms with Gasteiger partial charge in [-0.25, -0.2) is 10.2 Å². The smallest absolute Gasteiger partial charge is 0.425 e. The summed E-state index contributed by atoms with van der Waals surface area (Å²) in [6.07, 6.45) is -0.700. The molecule has 5 heteroatoms. The van der Waals surface area contributed by atoms with Crippen LogP contribution in [-0.4, -0.2) is 19.1 Å². The van der Waals surface area contributed by atoms with E-state index in [9.17, 15) is 9.59 Å². The molecule has 0 aromatic heterocycles. The average Bonchev–Trinajstić information content (AvgIpc) is 2.35. The molecular formula is C11H14N2O3. The number of methoxy groups -OCH3 is 1. The molecule has 0 aliphatic carbocycles. The van der Waals surface area contributed by atoms with Crippen LogP contribution >= 0.6 is 0 Å². The molecule has 5 nitrogen and oxygen atoms in total. The Balaban J connectivity index is 2.52. The van der Waals surface area contributed by atoms with E-state index in [0.717, 1.165) is 5.56 Å². The van der Waals surface area contributed by atoms with E-state index in [2.05, 4.69) is 15.6 Å². The highest BCUT2D eigenvalue weighted by Gasteiger charge is 2.15. The summed E-state index contributed by atoms with van der Waals surface area (Å²) in [5.74, 6) is -0.630. The highest BCUT2D eigenvalue weighted by atomic mass is 16.5. The van der Waals surface area contributed by atoms with Gasteiger partial charge in [0.1, 0.15) is 0 Å². The second-order valence-corrected chi connectivity index (χ2v) is 3.24. The number of carbonyl (C=O) groups excluding carboxylic acids is 2. The summed E-state index contributed by atoms with van der Waals surface area (Å²) in [6, 6.07) is 9.28. The van der Waals surface area contributed by atoms with Crippen LogP contribution in [-0.2, 0) is 9.53 Å². The topological polar surface area (TPSA) is 67.4 Å². The molecule has 0 saturated heterocycles. The summed E-state index contributed by atoms with van der Waals surface area (Å²) in [5.41, 5.74) is 5.27. The minimum atomic E-state index is -0.700. The zero-order chi connectivity index (χ0) is 12.0. The number of nitrogens with one attached hydrogen (secondary N) is 2. The third-order valence-corrected chi connectivity index (χ3v) is 2.17. The number of amides is 2. The molecule has 86 valence electrons. The van der Waals surface area contributed by atoms with Crippen LogP contribution in [0.1, 0.15) is 18.4 Å². The minimum Gasteiger partial charge on any atom is -0.452 e. The quantitative estimate of drug-likeness (QED) is 0.738. The lowest BCUT2D eigenvalue weighted by Gasteiger charge is -2.12. The van der Waals surface area contributed by atoms with Crippen molar-refractivity contribution in [3.05, 3.63) is 35.9 Å². The van der Waals surface area contributed by atoms with Crippen molar-refractivity contribution in [2.24, 2.45) is 0 Å². The zero-order valence-electron chi connectivity index (χ0n) is 9.19. The highest BCUT2D eigenvalue weighted by Crippen LogP contribution is 2.13. The number of hydrogen-bond acceptors (Lipinski definition) is 3. The summed E-state index contributed by atoms with van der Waals surface area (Å²) >= 11 is 0. The minimum absolute atomic E-state index is 0.295. The van der Waals surface area contributed by atoms with Crippen LogP contribution in [0.2, 0.25) is 0 Å². The first kappa shape index (κ1) is 12.0. The van der Waals surface area contributed by atoms with E-state index >= 15 is 0 Å². The predicted molar refractivity (Wildman–Crippen MR) is 58.5 cm³/mol. The van der Waals surface area contributed by atoms with Gasteiger partial charge < -0.3 is 4.74 Å². The van der Waals surface area contributed by atoms with Crippen molar-refractivity contribution in [2.45, 2.75) is 12.8 Å². The molecule has 2 amide bonds. The zero-order valence-corrected chi connectivity index (χ0v) is 9.19. The van der Waals surface area contributed by atoms with Crippen LogP contribution in [0.15, 0.2) is 30.3 Å². The lowest BCUT2D eigenvalue weighted by molar-refractivity contribution is -0.123. The number of benzene rings is 1. The molecule has 0 saturated carbocycles. The van der Waals surface area contributed by atoms with Crippen LogP contribution in [0.25, 0.3) is 0 Å². The Morgan fingerprint density at radius 3 is 2.38 bits per heavy atom. The van der Waals surface area contributed by atoms with Crippen molar-refractivity contribution in [3.8, 4) is 0 Å². The van der Waals surface area contributed by atoms with E-state index in [1.54, 1.807) is 6.92 Å². The van der Waals surface area contributed by atoms with Gasteiger partial charge in [-0.05, 0) is 12.5 Å². The lowest BCUT2D eigenvalue weighted by atomic mass is 10.0. The number of carbonyl (C=O) groups is 2. The van der Waals surface area contributed by atoms with Crippen molar-refractivity contribution in [1.82, 2.24) is 10.9 Å². The van der Waals surface area contributed by atoms with Crippen LogP contribution in [0.3, 0.4) is 0 Å². The first-order valence-corrected chi connectivity index (χ1v) is 4.84. The molecule has 0 aliphatic rings.